The minimum atomic E-state index is -3.13. The van der Waals surface area contributed by atoms with Gasteiger partial charge in [-0.15, -0.1) is 0 Å². The molecule has 0 bridgehead atoms. The van der Waals surface area contributed by atoms with Gasteiger partial charge >= 0.3 is 5.97 Å². The number of sulfone groups is 1. The van der Waals surface area contributed by atoms with Crippen molar-refractivity contribution in [1.82, 2.24) is 0 Å². The first-order valence-electron chi connectivity index (χ1n) is 4.97. The molecule has 15 heavy (non-hydrogen) atoms. The highest BCUT2D eigenvalue weighted by atomic mass is 32.2. The highest BCUT2D eigenvalue weighted by molar-refractivity contribution is 7.91. The third-order valence-electron chi connectivity index (χ3n) is 2.85. The topological polar surface area (TPSA) is 97.5 Å². The minimum Gasteiger partial charge on any atom is -0.481 e. The Kier molecular flexibility index (Phi) is 5.23. The molecule has 0 spiro atoms. The molecule has 0 rings (SSSR count). The van der Waals surface area contributed by atoms with Crippen molar-refractivity contribution < 1.29 is 18.3 Å². The molecule has 0 heterocycles. The van der Waals surface area contributed by atoms with Crippen LogP contribution in [0.5, 0.6) is 0 Å². The maximum Gasteiger partial charge on any atom is 0.310 e. The number of rotatable bonds is 7. The fourth-order valence-corrected chi connectivity index (χ4v) is 2.25. The van der Waals surface area contributed by atoms with Gasteiger partial charge < -0.3 is 10.8 Å². The summed E-state index contributed by atoms with van der Waals surface area (Å²) in [6.07, 6.45) is 0.434. The van der Waals surface area contributed by atoms with Crippen LogP contribution in [0.1, 0.15) is 26.7 Å². The second-order valence-electron chi connectivity index (χ2n) is 3.63. The summed E-state index contributed by atoms with van der Waals surface area (Å²) in [5, 5.41) is 9.02. The zero-order valence-electron chi connectivity index (χ0n) is 9.19. The number of hydrogen-bond acceptors (Lipinski definition) is 4. The van der Waals surface area contributed by atoms with Gasteiger partial charge in [0, 0.05) is 12.3 Å². The third-order valence-corrected chi connectivity index (χ3v) is 4.56. The number of carboxylic acid groups (broad SMARTS) is 1. The summed E-state index contributed by atoms with van der Waals surface area (Å²) in [6.45, 7) is 3.23. The minimum absolute atomic E-state index is 0.0297. The molecule has 0 aliphatic rings. The summed E-state index contributed by atoms with van der Waals surface area (Å²) < 4.78 is 22.5. The molecule has 0 aromatic carbocycles. The number of carbonyl (C=O) groups is 1. The molecule has 1 atom stereocenters. The molecule has 0 radical (unpaired) electrons. The lowest BCUT2D eigenvalue weighted by molar-refractivity contribution is -0.148. The molecule has 0 aliphatic heterocycles. The number of carboxylic acids is 1. The molecule has 5 nitrogen and oxygen atoms in total. The quantitative estimate of drug-likeness (QED) is 0.661. The van der Waals surface area contributed by atoms with Gasteiger partial charge in [-0.3, -0.25) is 4.79 Å². The average molecular weight is 237 g/mol. The van der Waals surface area contributed by atoms with Crippen LogP contribution in [-0.4, -0.2) is 37.5 Å². The Hall–Kier alpha value is -0.620. The molecule has 90 valence electrons. The van der Waals surface area contributed by atoms with Crippen LogP contribution in [0.4, 0.5) is 0 Å². The second-order valence-corrected chi connectivity index (χ2v) is 6.10. The lowest BCUT2D eigenvalue weighted by atomic mass is 9.83. The van der Waals surface area contributed by atoms with Crippen LogP contribution in [0.25, 0.3) is 0 Å². The van der Waals surface area contributed by atoms with E-state index in [1.807, 2.05) is 0 Å². The van der Waals surface area contributed by atoms with Gasteiger partial charge in [0.1, 0.15) is 9.84 Å². The number of nitrogens with two attached hydrogens (primary N) is 1. The summed E-state index contributed by atoms with van der Waals surface area (Å²) in [5.74, 6) is -1.09. The Bertz CT molecular complexity index is 306. The molecule has 0 saturated heterocycles. The Morgan fingerprint density at radius 2 is 1.93 bits per heavy atom. The molecule has 0 aromatic rings. The van der Waals surface area contributed by atoms with Crippen LogP contribution < -0.4 is 5.73 Å². The Morgan fingerprint density at radius 3 is 2.20 bits per heavy atom. The van der Waals surface area contributed by atoms with Crippen molar-refractivity contribution in [3.8, 4) is 0 Å². The average Bonchev–Trinajstić information content (AvgIpc) is 2.20. The van der Waals surface area contributed by atoms with Gasteiger partial charge in [0.2, 0.25) is 0 Å². The summed E-state index contributed by atoms with van der Waals surface area (Å²) in [7, 11) is -3.13. The maximum absolute atomic E-state index is 11.3. The molecular weight excluding hydrogens is 218 g/mol. The summed E-state index contributed by atoms with van der Waals surface area (Å²) >= 11 is 0. The summed E-state index contributed by atoms with van der Waals surface area (Å²) in [5.41, 5.74) is 4.32. The Morgan fingerprint density at radius 1 is 1.40 bits per heavy atom. The predicted molar refractivity (Wildman–Crippen MR) is 58.4 cm³/mol. The van der Waals surface area contributed by atoms with Crippen molar-refractivity contribution in [3.05, 3.63) is 0 Å². The van der Waals surface area contributed by atoms with E-state index in [0.29, 0.717) is 6.42 Å². The van der Waals surface area contributed by atoms with E-state index < -0.39 is 21.2 Å². The van der Waals surface area contributed by atoms with Gasteiger partial charge in [-0.1, -0.05) is 13.8 Å². The molecule has 0 aliphatic carbocycles. The highest BCUT2D eigenvalue weighted by Gasteiger charge is 2.36. The Balaban J connectivity index is 4.65. The molecular formula is C9H19NO4S. The molecule has 0 aromatic heterocycles. The van der Waals surface area contributed by atoms with Gasteiger partial charge in [-0.05, 0) is 12.8 Å². The molecule has 1 unspecified atom stereocenters. The number of aliphatic carboxylic acids is 1. The Labute approximate surface area is 90.6 Å². The number of hydrogen-bond donors (Lipinski definition) is 2. The van der Waals surface area contributed by atoms with Crippen molar-refractivity contribution >= 4 is 15.8 Å². The first kappa shape index (κ1) is 14.4. The fraction of sp³-hybridized carbons (Fsp3) is 0.889. The molecule has 0 saturated carbocycles. The van der Waals surface area contributed by atoms with Gasteiger partial charge in [-0.25, -0.2) is 8.42 Å². The third kappa shape index (κ3) is 3.79. The lowest BCUT2D eigenvalue weighted by Gasteiger charge is -2.25. The summed E-state index contributed by atoms with van der Waals surface area (Å²) in [4.78, 5) is 11.0. The van der Waals surface area contributed by atoms with Crippen molar-refractivity contribution in [2.75, 3.05) is 18.1 Å². The van der Waals surface area contributed by atoms with Gasteiger partial charge in [0.05, 0.1) is 11.2 Å². The fourth-order valence-electron chi connectivity index (χ4n) is 1.26. The van der Waals surface area contributed by atoms with Crippen molar-refractivity contribution in [2.24, 2.45) is 11.1 Å². The molecule has 3 N–H and O–H groups in total. The molecule has 0 fully saturated rings. The van der Waals surface area contributed by atoms with E-state index >= 15 is 0 Å². The molecule has 6 heteroatoms. The maximum atomic E-state index is 11.3. The van der Waals surface area contributed by atoms with Gasteiger partial charge in [0.25, 0.3) is 0 Å². The van der Waals surface area contributed by atoms with Crippen LogP contribution in [0, 0.1) is 5.41 Å². The van der Waals surface area contributed by atoms with Crippen LogP contribution in [-0.2, 0) is 14.6 Å². The SMILES string of the molecule is CCC(CN)(CCS(=O)(=O)CC)C(=O)O. The van der Waals surface area contributed by atoms with Crippen molar-refractivity contribution in [1.29, 1.82) is 0 Å². The normalized spacial score (nSPS) is 15.9. The zero-order valence-corrected chi connectivity index (χ0v) is 10.0. The van der Waals surface area contributed by atoms with Crippen molar-refractivity contribution in [2.45, 2.75) is 26.7 Å². The van der Waals surface area contributed by atoms with Crippen LogP contribution in [0.2, 0.25) is 0 Å². The second kappa shape index (κ2) is 5.46. The lowest BCUT2D eigenvalue weighted by Crippen LogP contribution is -2.39. The highest BCUT2D eigenvalue weighted by Crippen LogP contribution is 2.26. The van der Waals surface area contributed by atoms with E-state index in [1.54, 1.807) is 13.8 Å². The zero-order chi connectivity index (χ0) is 12.1. The first-order valence-corrected chi connectivity index (χ1v) is 6.79. The van der Waals surface area contributed by atoms with Crippen molar-refractivity contribution in [3.63, 3.8) is 0 Å². The van der Waals surface area contributed by atoms with E-state index in [0.717, 1.165) is 0 Å². The van der Waals surface area contributed by atoms with E-state index in [-0.39, 0.29) is 24.5 Å². The van der Waals surface area contributed by atoms with Crippen LogP contribution >= 0.6 is 0 Å². The van der Waals surface area contributed by atoms with Gasteiger partial charge in [-0.2, -0.15) is 0 Å². The van der Waals surface area contributed by atoms with E-state index in [9.17, 15) is 13.2 Å². The van der Waals surface area contributed by atoms with Crippen LogP contribution in [0.15, 0.2) is 0 Å². The predicted octanol–water partition coefficient (Wildman–Crippen LogP) is 0.251. The molecule has 0 amide bonds. The van der Waals surface area contributed by atoms with Crippen LogP contribution in [0.3, 0.4) is 0 Å². The van der Waals surface area contributed by atoms with E-state index in [4.69, 9.17) is 10.8 Å². The summed E-state index contributed by atoms with van der Waals surface area (Å²) in [6, 6.07) is 0. The van der Waals surface area contributed by atoms with Gasteiger partial charge in [0.15, 0.2) is 0 Å². The largest absolute Gasteiger partial charge is 0.481 e. The monoisotopic (exact) mass is 237 g/mol. The standard InChI is InChI=1S/C9H19NO4S/c1-3-9(7-10,8(11)12)5-6-15(13,14)4-2/h3-7,10H2,1-2H3,(H,11,12). The first-order chi connectivity index (χ1) is 6.83. The van der Waals surface area contributed by atoms with E-state index in [1.165, 1.54) is 0 Å². The smallest absolute Gasteiger partial charge is 0.310 e. The van der Waals surface area contributed by atoms with E-state index in [2.05, 4.69) is 0 Å².